The van der Waals surface area contributed by atoms with Crippen LogP contribution in [-0.4, -0.2) is 7.11 Å². The molecule has 0 spiro atoms. The molecule has 0 aliphatic carbocycles. The van der Waals surface area contributed by atoms with Crippen LogP contribution >= 0.6 is 15.9 Å². The van der Waals surface area contributed by atoms with Crippen molar-refractivity contribution >= 4 is 15.9 Å². The van der Waals surface area contributed by atoms with E-state index in [0.29, 0.717) is 0 Å². The van der Waals surface area contributed by atoms with Crippen LogP contribution in [0, 0.1) is 0 Å². The zero-order valence-electron chi connectivity index (χ0n) is 6.73. The van der Waals surface area contributed by atoms with Crippen LogP contribution in [-0.2, 0) is 6.42 Å². The fraction of sp³-hybridized carbons (Fsp3) is 0.333. The van der Waals surface area contributed by atoms with Gasteiger partial charge in [0, 0.05) is 0 Å². The molecular weight excluding hydrogens is 204 g/mol. The predicted molar refractivity (Wildman–Crippen MR) is 50.1 cm³/mol. The first kappa shape index (κ1) is 8.60. The number of benzene rings is 1. The molecule has 0 aliphatic rings. The maximum absolute atomic E-state index is 5.14. The number of aryl methyl sites for hydroxylation is 1. The van der Waals surface area contributed by atoms with Crippen LogP contribution in [0.2, 0.25) is 0 Å². The van der Waals surface area contributed by atoms with Crippen LogP contribution in [0.4, 0.5) is 0 Å². The van der Waals surface area contributed by atoms with E-state index in [1.807, 2.05) is 12.1 Å². The molecule has 1 nitrogen and oxygen atoms in total. The summed E-state index contributed by atoms with van der Waals surface area (Å²) in [6, 6.07) is 6.04. The Labute approximate surface area is 75.5 Å². The molecule has 11 heavy (non-hydrogen) atoms. The Kier molecular flexibility index (Phi) is 2.94. The van der Waals surface area contributed by atoms with Crippen molar-refractivity contribution in [2.45, 2.75) is 13.3 Å². The predicted octanol–water partition coefficient (Wildman–Crippen LogP) is 3.02. The highest BCUT2D eigenvalue weighted by molar-refractivity contribution is 9.10. The van der Waals surface area contributed by atoms with Crippen LogP contribution in [0.3, 0.4) is 0 Å². The van der Waals surface area contributed by atoms with Crippen molar-refractivity contribution in [2.75, 3.05) is 7.11 Å². The smallest absolute Gasteiger partial charge is 0.133 e. The second kappa shape index (κ2) is 3.77. The molecule has 0 radical (unpaired) electrons. The van der Waals surface area contributed by atoms with Gasteiger partial charge in [0.15, 0.2) is 0 Å². The highest BCUT2D eigenvalue weighted by Gasteiger charge is 2.02. The third-order valence-electron chi connectivity index (χ3n) is 1.64. The number of ether oxygens (including phenoxy) is 1. The van der Waals surface area contributed by atoms with E-state index in [4.69, 9.17) is 4.74 Å². The zero-order chi connectivity index (χ0) is 8.27. The van der Waals surface area contributed by atoms with E-state index in [9.17, 15) is 0 Å². The Hall–Kier alpha value is -0.500. The number of rotatable bonds is 2. The lowest BCUT2D eigenvalue weighted by Crippen LogP contribution is -1.88. The minimum Gasteiger partial charge on any atom is -0.496 e. The zero-order valence-corrected chi connectivity index (χ0v) is 8.31. The van der Waals surface area contributed by atoms with Gasteiger partial charge in [-0.1, -0.05) is 19.1 Å². The summed E-state index contributed by atoms with van der Waals surface area (Å²) < 4.78 is 6.21. The number of halogens is 1. The Morgan fingerprint density at radius 3 is 2.73 bits per heavy atom. The van der Waals surface area contributed by atoms with Crippen molar-refractivity contribution in [3.8, 4) is 5.75 Å². The monoisotopic (exact) mass is 214 g/mol. The van der Waals surface area contributed by atoms with Crippen molar-refractivity contribution in [2.24, 2.45) is 0 Å². The molecule has 0 aromatic heterocycles. The number of hydrogen-bond donors (Lipinski definition) is 0. The van der Waals surface area contributed by atoms with E-state index in [-0.39, 0.29) is 0 Å². The molecule has 0 unspecified atom stereocenters. The van der Waals surface area contributed by atoms with Gasteiger partial charge in [-0.25, -0.2) is 0 Å². The summed E-state index contributed by atoms with van der Waals surface area (Å²) >= 11 is 3.48. The minimum atomic E-state index is 0.907. The van der Waals surface area contributed by atoms with E-state index in [0.717, 1.165) is 16.6 Å². The lowest BCUT2D eigenvalue weighted by Gasteiger charge is -2.05. The standard InChI is InChI=1S/C9H11BrO/c1-3-7-5-4-6-8(11-2)9(7)10/h4-6H,3H2,1-2H3. The largest absolute Gasteiger partial charge is 0.496 e. The maximum Gasteiger partial charge on any atom is 0.133 e. The first-order chi connectivity index (χ1) is 5.29. The molecule has 2 heteroatoms. The van der Waals surface area contributed by atoms with E-state index >= 15 is 0 Å². The summed E-state index contributed by atoms with van der Waals surface area (Å²) in [6.07, 6.45) is 1.03. The van der Waals surface area contributed by atoms with Crippen molar-refractivity contribution in [1.29, 1.82) is 0 Å². The summed E-state index contributed by atoms with van der Waals surface area (Å²) in [5.74, 6) is 0.907. The Bertz CT molecular complexity index is 223. The fourth-order valence-electron chi connectivity index (χ4n) is 0.987. The van der Waals surface area contributed by atoms with Crippen LogP contribution in [0.5, 0.6) is 5.75 Å². The molecule has 0 amide bonds. The van der Waals surface area contributed by atoms with Crippen molar-refractivity contribution in [1.82, 2.24) is 0 Å². The second-order valence-corrected chi connectivity index (χ2v) is 3.08. The molecule has 1 rings (SSSR count). The van der Waals surface area contributed by atoms with Crippen LogP contribution in [0.25, 0.3) is 0 Å². The molecule has 0 heterocycles. The summed E-state index contributed by atoms with van der Waals surface area (Å²) in [5, 5.41) is 0. The van der Waals surface area contributed by atoms with Gasteiger partial charge in [0.1, 0.15) is 5.75 Å². The van der Waals surface area contributed by atoms with Gasteiger partial charge in [-0.3, -0.25) is 0 Å². The molecule has 60 valence electrons. The molecule has 0 fully saturated rings. The third kappa shape index (κ3) is 1.74. The molecule has 0 atom stereocenters. The fourth-order valence-corrected chi connectivity index (χ4v) is 1.69. The summed E-state index contributed by atoms with van der Waals surface area (Å²) in [4.78, 5) is 0. The second-order valence-electron chi connectivity index (χ2n) is 2.29. The minimum absolute atomic E-state index is 0.907. The van der Waals surface area contributed by atoms with E-state index in [2.05, 4.69) is 28.9 Å². The van der Waals surface area contributed by atoms with Gasteiger partial charge in [-0.2, -0.15) is 0 Å². The van der Waals surface area contributed by atoms with Gasteiger partial charge < -0.3 is 4.74 Å². The highest BCUT2D eigenvalue weighted by atomic mass is 79.9. The topological polar surface area (TPSA) is 9.23 Å². The summed E-state index contributed by atoms with van der Waals surface area (Å²) in [6.45, 7) is 2.12. The molecule has 0 saturated carbocycles. The van der Waals surface area contributed by atoms with Gasteiger partial charge in [0.25, 0.3) is 0 Å². The molecule has 0 bridgehead atoms. The summed E-state index contributed by atoms with van der Waals surface area (Å²) in [5.41, 5.74) is 1.28. The molecule has 0 saturated heterocycles. The first-order valence-electron chi connectivity index (χ1n) is 3.61. The van der Waals surface area contributed by atoms with Gasteiger partial charge >= 0.3 is 0 Å². The SMILES string of the molecule is CCc1cccc(OC)c1Br. The molecule has 0 aliphatic heterocycles. The van der Waals surface area contributed by atoms with Gasteiger partial charge in [-0.15, -0.1) is 0 Å². The van der Waals surface area contributed by atoms with Crippen LogP contribution < -0.4 is 4.74 Å². The van der Waals surface area contributed by atoms with Crippen molar-refractivity contribution < 1.29 is 4.74 Å². The van der Waals surface area contributed by atoms with E-state index < -0.39 is 0 Å². The Morgan fingerprint density at radius 2 is 2.18 bits per heavy atom. The first-order valence-corrected chi connectivity index (χ1v) is 4.40. The quantitative estimate of drug-likeness (QED) is 0.736. The molecular formula is C9H11BrO. The molecule has 0 N–H and O–H groups in total. The summed E-state index contributed by atoms with van der Waals surface area (Å²) in [7, 11) is 1.68. The van der Waals surface area contributed by atoms with Crippen LogP contribution in [0.1, 0.15) is 12.5 Å². The van der Waals surface area contributed by atoms with E-state index in [1.165, 1.54) is 5.56 Å². The molecule has 1 aromatic rings. The third-order valence-corrected chi connectivity index (χ3v) is 2.54. The van der Waals surface area contributed by atoms with Crippen molar-refractivity contribution in [3.63, 3.8) is 0 Å². The average molecular weight is 215 g/mol. The van der Waals surface area contributed by atoms with Gasteiger partial charge in [0.05, 0.1) is 11.6 Å². The van der Waals surface area contributed by atoms with E-state index in [1.54, 1.807) is 7.11 Å². The lowest BCUT2D eigenvalue weighted by molar-refractivity contribution is 0.411. The normalized spacial score (nSPS) is 9.73. The number of hydrogen-bond acceptors (Lipinski definition) is 1. The Morgan fingerprint density at radius 1 is 1.45 bits per heavy atom. The number of methoxy groups -OCH3 is 1. The Balaban J connectivity index is 3.10. The van der Waals surface area contributed by atoms with Crippen LogP contribution in [0.15, 0.2) is 22.7 Å². The molecule has 1 aromatic carbocycles. The average Bonchev–Trinajstić information content (AvgIpc) is 2.05. The van der Waals surface area contributed by atoms with Crippen molar-refractivity contribution in [3.05, 3.63) is 28.2 Å². The lowest BCUT2D eigenvalue weighted by atomic mass is 10.2. The van der Waals surface area contributed by atoms with Gasteiger partial charge in [0.2, 0.25) is 0 Å². The highest BCUT2D eigenvalue weighted by Crippen LogP contribution is 2.28. The maximum atomic E-state index is 5.14. The van der Waals surface area contributed by atoms with Gasteiger partial charge in [-0.05, 0) is 34.0 Å².